The van der Waals surface area contributed by atoms with Crippen molar-refractivity contribution in [1.82, 2.24) is 0 Å². The first-order valence-electron chi connectivity index (χ1n) is 12.9. The van der Waals surface area contributed by atoms with Crippen LogP contribution >= 0.6 is 0 Å². The Kier molecular flexibility index (Phi) is 15.2. The Labute approximate surface area is 183 Å². The monoisotopic (exact) mass is 404 g/mol. The number of quaternary nitrogens is 1. The third-order valence-corrected chi connectivity index (χ3v) is 6.55. The van der Waals surface area contributed by atoms with E-state index in [1.54, 1.807) is 0 Å². The molecule has 0 amide bonds. The first-order valence-corrected chi connectivity index (χ1v) is 12.9. The minimum atomic E-state index is 0.655. The van der Waals surface area contributed by atoms with E-state index in [9.17, 15) is 0 Å². The van der Waals surface area contributed by atoms with Gasteiger partial charge in [-0.15, -0.1) is 0 Å². The zero-order valence-corrected chi connectivity index (χ0v) is 20.4. The Morgan fingerprint density at radius 3 is 1.62 bits per heavy atom. The van der Waals surface area contributed by atoms with E-state index < -0.39 is 0 Å². The number of aromatic nitrogens is 1. The topological polar surface area (TPSA) is 3.88 Å². The summed E-state index contributed by atoms with van der Waals surface area (Å²) in [5.74, 6) is 0. The van der Waals surface area contributed by atoms with Crippen molar-refractivity contribution >= 4 is 0 Å². The summed E-state index contributed by atoms with van der Waals surface area (Å²) in [6, 6.07) is 7.06. The predicted molar refractivity (Wildman–Crippen MR) is 128 cm³/mol. The highest BCUT2D eigenvalue weighted by molar-refractivity contribution is 4.84. The summed E-state index contributed by atoms with van der Waals surface area (Å²) >= 11 is 0. The van der Waals surface area contributed by atoms with Crippen LogP contribution in [0.4, 0.5) is 0 Å². The molecule has 1 unspecified atom stereocenters. The zero-order valence-electron chi connectivity index (χ0n) is 20.4. The van der Waals surface area contributed by atoms with Crippen LogP contribution in [0, 0.1) is 0 Å². The molecule has 0 spiro atoms. The average molecular weight is 405 g/mol. The molecule has 1 atom stereocenters. The van der Waals surface area contributed by atoms with Gasteiger partial charge in [0, 0.05) is 31.4 Å². The number of nitrogens with zero attached hydrogens (tertiary/aromatic N) is 2. The zero-order chi connectivity index (χ0) is 21.2. The molecule has 0 bridgehead atoms. The van der Waals surface area contributed by atoms with Gasteiger partial charge in [0.05, 0.1) is 27.2 Å². The second-order valence-electron chi connectivity index (χ2n) is 9.80. The van der Waals surface area contributed by atoms with E-state index in [1.165, 1.54) is 114 Å². The van der Waals surface area contributed by atoms with Crippen LogP contribution in [0.25, 0.3) is 0 Å². The number of unbranched alkanes of at least 4 members (excludes halogenated alkanes) is 11. The average Bonchev–Trinajstić information content (AvgIpc) is 2.72. The molecule has 0 aliphatic heterocycles. The summed E-state index contributed by atoms with van der Waals surface area (Å²) < 4.78 is 3.58. The molecule has 2 heteroatoms. The molecule has 0 aliphatic carbocycles. The van der Waals surface area contributed by atoms with Crippen molar-refractivity contribution in [3.63, 3.8) is 0 Å². The van der Waals surface area contributed by atoms with Gasteiger partial charge in [-0.05, 0) is 12.8 Å². The number of hydrogen-bond donors (Lipinski definition) is 0. The van der Waals surface area contributed by atoms with Gasteiger partial charge in [0.15, 0.2) is 18.4 Å². The molecule has 1 heterocycles. The van der Waals surface area contributed by atoms with Gasteiger partial charge in [-0.3, -0.25) is 0 Å². The normalized spacial score (nSPS) is 13.0. The van der Waals surface area contributed by atoms with Crippen molar-refractivity contribution < 1.29 is 9.05 Å². The van der Waals surface area contributed by atoms with Gasteiger partial charge in [0.25, 0.3) is 0 Å². The third-order valence-electron chi connectivity index (χ3n) is 6.55. The molecular formula is C27H52N2+2. The molecule has 0 fully saturated rings. The van der Waals surface area contributed by atoms with Gasteiger partial charge < -0.3 is 4.48 Å². The molecule has 2 nitrogen and oxygen atoms in total. The lowest BCUT2D eigenvalue weighted by atomic mass is 10.0. The van der Waals surface area contributed by atoms with E-state index in [0.29, 0.717) is 6.04 Å². The lowest BCUT2D eigenvalue weighted by Gasteiger charge is -2.30. The molecule has 29 heavy (non-hydrogen) atoms. The van der Waals surface area contributed by atoms with E-state index in [4.69, 9.17) is 0 Å². The highest BCUT2D eigenvalue weighted by Gasteiger charge is 2.19. The second-order valence-corrected chi connectivity index (χ2v) is 9.80. The smallest absolute Gasteiger partial charge is 0.169 e. The van der Waals surface area contributed by atoms with Crippen molar-refractivity contribution in [1.29, 1.82) is 0 Å². The second kappa shape index (κ2) is 16.9. The van der Waals surface area contributed by atoms with E-state index in [1.807, 2.05) is 0 Å². The fourth-order valence-corrected chi connectivity index (χ4v) is 4.47. The summed E-state index contributed by atoms with van der Waals surface area (Å²) in [7, 11) is 4.85. The van der Waals surface area contributed by atoms with Crippen molar-refractivity contribution in [2.45, 2.75) is 116 Å². The van der Waals surface area contributed by atoms with E-state index in [-0.39, 0.29) is 0 Å². The molecule has 1 rings (SSSR count). The molecule has 0 aromatic carbocycles. The molecule has 0 N–H and O–H groups in total. The van der Waals surface area contributed by atoms with Crippen molar-refractivity contribution in [2.75, 3.05) is 27.2 Å². The van der Waals surface area contributed by atoms with Crippen LogP contribution in [-0.2, 0) is 0 Å². The molecule has 1 aromatic heterocycles. The largest absolute Gasteiger partial charge is 0.328 e. The summed E-state index contributed by atoms with van der Waals surface area (Å²) in [4.78, 5) is 0. The fraction of sp³-hybridized carbons (Fsp3) is 0.815. The maximum atomic E-state index is 2.43. The standard InChI is InChI=1S/C27H52N2/c1-5-7-8-9-10-11-12-13-14-15-16-20-25-29(3,4)26-21-22-27(6-2)28-23-18-17-19-24-28/h17-19,23-24,27H,5-16,20-22,25-26H2,1-4H3/q+2. The Bertz CT molecular complexity index is 469. The van der Waals surface area contributed by atoms with Crippen LogP contribution in [0.2, 0.25) is 0 Å². The maximum Gasteiger partial charge on any atom is 0.169 e. The fourth-order valence-electron chi connectivity index (χ4n) is 4.47. The van der Waals surface area contributed by atoms with Crippen LogP contribution in [0.1, 0.15) is 116 Å². The number of pyridine rings is 1. The highest BCUT2D eigenvalue weighted by atomic mass is 15.3. The van der Waals surface area contributed by atoms with Crippen molar-refractivity contribution in [3.05, 3.63) is 30.6 Å². The molecule has 0 saturated carbocycles. The Balaban J connectivity index is 2.00. The van der Waals surface area contributed by atoms with Gasteiger partial charge in [0.2, 0.25) is 0 Å². The van der Waals surface area contributed by atoms with Crippen LogP contribution < -0.4 is 4.57 Å². The SMILES string of the molecule is CCCCCCCCCCCCCC[N+](C)(C)CCCC(CC)[n+]1ccccc1. The van der Waals surface area contributed by atoms with E-state index in [2.05, 4.69) is 63.1 Å². The van der Waals surface area contributed by atoms with Crippen molar-refractivity contribution in [2.24, 2.45) is 0 Å². The Morgan fingerprint density at radius 1 is 0.621 bits per heavy atom. The van der Waals surface area contributed by atoms with E-state index in [0.717, 1.165) is 0 Å². The van der Waals surface area contributed by atoms with E-state index >= 15 is 0 Å². The molecule has 168 valence electrons. The number of rotatable bonds is 19. The van der Waals surface area contributed by atoms with Gasteiger partial charge in [-0.1, -0.05) is 84.1 Å². The molecule has 0 radical (unpaired) electrons. The molecule has 1 aromatic rings. The lowest BCUT2D eigenvalue weighted by molar-refractivity contribution is -0.891. The Morgan fingerprint density at radius 2 is 1.10 bits per heavy atom. The van der Waals surface area contributed by atoms with Gasteiger partial charge in [-0.2, -0.15) is 0 Å². The molecule has 0 aliphatic rings. The summed E-state index contributed by atoms with van der Waals surface area (Å²) in [5, 5.41) is 0. The quantitative estimate of drug-likeness (QED) is 0.128. The summed E-state index contributed by atoms with van der Waals surface area (Å²) in [5.41, 5.74) is 0. The summed E-state index contributed by atoms with van der Waals surface area (Å²) in [6.07, 6.45) is 25.6. The van der Waals surface area contributed by atoms with Crippen LogP contribution in [0.5, 0.6) is 0 Å². The minimum Gasteiger partial charge on any atom is -0.328 e. The first-order chi connectivity index (χ1) is 14.1. The minimum absolute atomic E-state index is 0.655. The predicted octanol–water partition coefficient (Wildman–Crippen LogP) is 7.48. The van der Waals surface area contributed by atoms with Crippen LogP contribution in [-0.4, -0.2) is 31.7 Å². The molecular weight excluding hydrogens is 352 g/mol. The van der Waals surface area contributed by atoms with Gasteiger partial charge in [-0.25, -0.2) is 4.57 Å². The first kappa shape index (κ1) is 26.1. The highest BCUT2D eigenvalue weighted by Crippen LogP contribution is 2.15. The van der Waals surface area contributed by atoms with Crippen LogP contribution in [0.3, 0.4) is 0 Å². The number of hydrogen-bond acceptors (Lipinski definition) is 0. The lowest BCUT2D eigenvalue weighted by Crippen LogP contribution is -2.42. The van der Waals surface area contributed by atoms with Gasteiger partial charge >= 0.3 is 0 Å². The maximum absolute atomic E-state index is 2.43. The Hall–Kier alpha value is -0.890. The van der Waals surface area contributed by atoms with Crippen molar-refractivity contribution in [3.8, 4) is 0 Å². The third kappa shape index (κ3) is 13.9. The summed E-state index contributed by atoms with van der Waals surface area (Å²) in [6.45, 7) is 7.26. The molecule has 0 saturated heterocycles. The van der Waals surface area contributed by atoms with Crippen LogP contribution in [0.15, 0.2) is 30.6 Å². The van der Waals surface area contributed by atoms with Gasteiger partial charge in [0.1, 0.15) is 0 Å².